The quantitative estimate of drug-likeness (QED) is 0.454. The molecule has 0 aliphatic carbocycles. The van der Waals surface area contributed by atoms with Crippen molar-refractivity contribution in [3.8, 4) is 11.1 Å². The predicted molar refractivity (Wildman–Crippen MR) is 120 cm³/mol. The second-order valence-electron chi connectivity index (χ2n) is 7.50. The van der Waals surface area contributed by atoms with E-state index in [9.17, 15) is 9.50 Å². The van der Waals surface area contributed by atoms with Crippen molar-refractivity contribution in [1.82, 2.24) is 29.3 Å². The van der Waals surface area contributed by atoms with Gasteiger partial charge in [-0.05, 0) is 17.2 Å². The van der Waals surface area contributed by atoms with E-state index in [1.807, 2.05) is 37.6 Å². The first-order valence-electron chi connectivity index (χ1n) is 10.1. The molecular weight excluding hydrogens is 411 g/mol. The molecule has 0 aliphatic rings. The van der Waals surface area contributed by atoms with Crippen LogP contribution < -0.4 is 9.80 Å². The van der Waals surface area contributed by atoms with Gasteiger partial charge in [-0.15, -0.1) is 0 Å². The highest BCUT2D eigenvalue weighted by Crippen LogP contribution is 2.25. The molecule has 166 valence electrons. The monoisotopic (exact) mass is 436 g/mol. The average Bonchev–Trinajstić information content (AvgIpc) is 3.43. The Kier molecular flexibility index (Phi) is 6.13. The van der Waals surface area contributed by atoms with Crippen molar-refractivity contribution in [1.29, 1.82) is 0 Å². The van der Waals surface area contributed by atoms with Crippen molar-refractivity contribution in [2.75, 3.05) is 30.5 Å². The Hall–Kier alpha value is -3.79. The van der Waals surface area contributed by atoms with Crippen LogP contribution in [0.3, 0.4) is 0 Å². The molecule has 0 unspecified atom stereocenters. The molecule has 3 heterocycles. The maximum absolute atomic E-state index is 14.6. The molecule has 10 heteroatoms. The normalized spacial score (nSPS) is 11.0. The predicted octanol–water partition coefficient (Wildman–Crippen LogP) is 2.61. The molecule has 0 fully saturated rings. The number of hydrogen-bond donors (Lipinski definition) is 1. The molecule has 0 aliphatic heterocycles. The third-order valence-electron chi connectivity index (χ3n) is 5.09. The summed E-state index contributed by atoms with van der Waals surface area (Å²) >= 11 is 0. The molecular formula is C22H25FN8O. The van der Waals surface area contributed by atoms with Crippen LogP contribution in [-0.2, 0) is 20.1 Å². The molecule has 32 heavy (non-hydrogen) atoms. The van der Waals surface area contributed by atoms with Gasteiger partial charge in [0.1, 0.15) is 0 Å². The van der Waals surface area contributed by atoms with E-state index in [-0.39, 0.29) is 12.4 Å². The molecule has 0 bridgehead atoms. The number of rotatable bonds is 8. The Morgan fingerprint density at radius 3 is 2.72 bits per heavy atom. The fourth-order valence-electron chi connectivity index (χ4n) is 3.52. The second kappa shape index (κ2) is 9.15. The van der Waals surface area contributed by atoms with Gasteiger partial charge in [0.15, 0.2) is 11.6 Å². The van der Waals surface area contributed by atoms with Crippen LogP contribution >= 0.6 is 0 Å². The third-order valence-corrected chi connectivity index (χ3v) is 5.09. The smallest absolute Gasteiger partial charge is 0.234 e. The molecule has 0 amide bonds. The van der Waals surface area contributed by atoms with Gasteiger partial charge in [-0.2, -0.15) is 10.1 Å². The van der Waals surface area contributed by atoms with Crippen molar-refractivity contribution in [2.45, 2.75) is 13.1 Å². The van der Waals surface area contributed by atoms with Crippen LogP contribution in [0.1, 0.15) is 5.56 Å². The highest BCUT2D eigenvalue weighted by Gasteiger charge is 2.18. The van der Waals surface area contributed by atoms with Gasteiger partial charge in [0.05, 0.1) is 19.0 Å². The summed E-state index contributed by atoms with van der Waals surface area (Å²) in [6.07, 6.45) is 8.32. The lowest BCUT2D eigenvalue weighted by Crippen LogP contribution is -2.23. The summed E-state index contributed by atoms with van der Waals surface area (Å²) in [4.78, 5) is 16.3. The summed E-state index contributed by atoms with van der Waals surface area (Å²) in [5.74, 6) is 0.548. The van der Waals surface area contributed by atoms with Crippen molar-refractivity contribution < 1.29 is 9.50 Å². The van der Waals surface area contributed by atoms with Crippen LogP contribution in [0.2, 0.25) is 0 Å². The number of aliphatic hydroxyl groups is 1. The van der Waals surface area contributed by atoms with Crippen LogP contribution in [0.15, 0.2) is 55.2 Å². The molecule has 4 aromatic rings. The fourth-order valence-corrected chi connectivity index (χ4v) is 3.52. The number of hydrogen-bond acceptors (Lipinski definition) is 7. The summed E-state index contributed by atoms with van der Waals surface area (Å²) in [6.45, 7) is 0.832. The second-order valence-corrected chi connectivity index (χ2v) is 7.50. The van der Waals surface area contributed by atoms with E-state index in [4.69, 9.17) is 0 Å². The highest BCUT2D eigenvalue weighted by atomic mass is 19.1. The summed E-state index contributed by atoms with van der Waals surface area (Å²) < 4.78 is 18.2. The van der Waals surface area contributed by atoms with E-state index in [2.05, 4.69) is 26.1 Å². The zero-order valence-electron chi connectivity index (χ0n) is 18.2. The molecule has 9 nitrogen and oxygen atoms in total. The van der Waals surface area contributed by atoms with E-state index < -0.39 is 5.82 Å². The number of nitrogens with zero attached hydrogens (tertiary/aromatic N) is 8. The first-order chi connectivity index (χ1) is 15.5. The first-order valence-corrected chi connectivity index (χ1v) is 10.1. The lowest BCUT2D eigenvalue weighted by molar-refractivity contribution is 0.276. The van der Waals surface area contributed by atoms with E-state index in [1.165, 1.54) is 0 Å². The SMILES string of the molecule is CN(Cc1cccc(-c2cnn(C)c2)c1)c1nc(N(C)c2nccn2CCO)ncc1F. The largest absolute Gasteiger partial charge is 0.395 e. The van der Waals surface area contributed by atoms with Gasteiger partial charge >= 0.3 is 0 Å². The van der Waals surface area contributed by atoms with Crippen molar-refractivity contribution in [2.24, 2.45) is 7.05 Å². The fraction of sp³-hybridized carbons (Fsp3) is 0.273. The zero-order valence-corrected chi connectivity index (χ0v) is 18.2. The molecule has 0 radical (unpaired) electrons. The minimum atomic E-state index is -0.508. The molecule has 1 aromatic carbocycles. The van der Waals surface area contributed by atoms with Gasteiger partial charge < -0.3 is 14.6 Å². The number of aromatic nitrogens is 6. The Labute approximate surface area is 185 Å². The minimum absolute atomic E-state index is 0.0203. The van der Waals surface area contributed by atoms with Gasteiger partial charge in [0.25, 0.3) is 0 Å². The zero-order chi connectivity index (χ0) is 22.7. The number of anilines is 3. The van der Waals surface area contributed by atoms with Gasteiger partial charge in [-0.25, -0.2) is 14.4 Å². The summed E-state index contributed by atoms with van der Waals surface area (Å²) in [7, 11) is 5.42. The van der Waals surface area contributed by atoms with Crippen molar-refractivity contribution in [3.63, 3.8) is 0 Å². The average molecular weight is 436 g/mol. The number of benzene rings is 1. The van der Waals surface area contributed by atoms with Crippen LogP contribution in [0, 0.1) is 5.82 Å². The number of halogens is 1. The van der Waals surface area contributed by atoms with Crippen LogP contribution in [-0.4, -0.2) is 55.1 Å². The van der Waals surface area contributed by atoms with Gasteiger partial charge in [0.2, 0.25) is 11.9 Å². The number of aliphatic hydroxyl groups excluding tert-OH is 1. The van der Waals surface area contributed by atoms with Crippen LogP contribution in [0.5, 0.6) is 0 Å². The molecule has 3 aromatic heterocycles. The minimum Gasteiger partial charge on any atom is -0.395 e. The summed E-state index contributed by atoms with van der Waals surface area (Å²) in [5.41, 5.74) is 3.08. The number of imidazole rings is 1. The van der Waals surface area contributed by atoms with Crippen LogP contribution in [0.25, 0.3) is 11.1 Å². The Balaban J connectivity index is 1.57. The number of aryl methyl sites for hydroxylation is 1. The van der Waals surface area contributed by atoms with Gasteiger partial charge in [0, 0.05) is 58.4 Å². The maximum Gasteiger partial charge on any atom is 0.234 e. The molecule has 0 atom stereocenters. The Morgan fingerprint density at radius 2 is 1.97 bits per heavy atom. The van der Waals surface area contributed by atoms with Gasteiger partial charge in [-0.1, -0.05) is 18.2 Å². The highest BCUT2D eigenvalue weighted by molar-refractivity contribution is 5.62. The van der Waals surface area contributed by atoms with E-state index in [1.54, 1.807) is 45.5 Å². The lowest BCUT2D eigenvalue weighted by atomic mass is 10.1. The maximum atomic E-state index is 14.6. The summed E-state index contributed by atoms with van der Waals surface area (Å²) in [6, 6.07) is 8.05. The molecule has 0 spiro atoms. The van der Waals surface area contributed by atoms with Crippen molar-refractivity contribution >= 4 is 17.7 Å². The standard InChI is InChI=1S/C22H25FN8O/c1-28(14-16-5-4-6-17(11-16)18-12-26-29(2)15-18)20-19(23)13-25-21(27-20)30(3)22-24-7-8-31(22)9-10-32/h4-8,11-13,15,32H,9-10,14H2,1-3H3. The van der Waals surface area contributed by atoms with Crippen molar-refractivity contribution in [3.05, 3.63) is 66.6 Å². The Morgan fingerprint density at radius 1 is 1.12 bits per heavy atom. The molecule has 0 saturated carbocycles. The molecule has 4 rings (SSSR count). The van der Waals surface area contributed by atoms with E-state index in [0.717, 1.165) is 22.9 Å². The molecule has 0 saturated heterocycles. The summed E-state index contributed by atoms with van der Waals surface area (Å²) in [5, 5.41) is 13.5. The van der Waals surface area contributed by atoms with Gasteiger partial charge in [-0.3, -0.25) is 9.58 Å². The van der Waals surface area contributed by atoms with Crippen LogP contribution in [0.4, 0.5) is 22.1 Å². The topological polar surface area (TPSA) is 88.1 Å². The third kappa shape index (κ3) is 4.45. The van der Waals surface area contributed by atoms with E-state index in [0.29, 0.717) is 25.0 Å². The van der Waals surface area contributed by atoms with E-state index >= 15 is 0 Å². The lowest BCUT2D eigenvalue weighted by Gasteiger charge is -2.22. The Bertz CT molecular complexity index is 1200. The molecule has 1 N–H and O–H groups in total. The first kappa shape index (κ1) is 21.4.